The molecule has 0 amide bonds. The summed E-state index contributed by atoms with van der Waals surface area (Å²) in [5.74, 6) is -0.523. The molecule has 0 aromatic carbocycles. The fourth-order valence-electron chi connectivity index (χ4n) is 0.419. The van der Waals surface area contributed by atoms with Crippen LogP contribution in [0.15, 0.2) is 0 Å². The minimum absolute atomic E-state index is 0.272. The molecular formula is C4H6ClF3O3S. The largest absolute Gasteiger partial charge is 0.522 e. The summed E-state index contributed by atoms with van der Waals surface area (Å²) in [5.41, 5.74) is 0. The van der Waals surface area contributed by atoms with E-state index in [9.17, 15) is 21.6 Å². The van der Waals surface area contributed by atoms with Gasteiger partial charge in [0.25, 0.3) is 0 Å². The normalized spacial score (nSPS) is 13.3. The Bertz CT molecular complexity index is 222. The van der Waals surface area contributed by atoms with E-state index >= 15 is 0 Å². The van der Waals surface area contributed by atoms with Crippen molar-refractivity contribution in [2.75, 3.05) is 12.4 Å². The summed E-state index contributed by atoms with van der Waals surface area (Å²) in [5, 5.41) is 0. The van der Waals surface area contributed by atoms with Crippen molar-refractivity contribution in [2.24, 2.45) is 0 Å². The Morgan fingerprint density at radius 1 is 1.33 bits per heavy atom. The van der Waals surface area contributed by atoms with Crippen molar-refractivity contribution in [3.63, 3.8) is 0 Å². The van der Waals surface area contributed by atoms with E-state index in [1.807, 2.05) is 0 Å². The fourth-order valence-corrected chi connectivity index (χ4v) is 1.21. The van der Waals surface area contributed by atoms with Gasteiger partial charge < -0.3 is 0 Å². The van der Waals surface area contributed by atoms with Crippen molar-refractivity contribution in [2.45, 2.75) is 12.8 Å². The first kappa shape index (κ1) is 12.0. The van der Waals surface area contributed by atoms with Gasteiger partial charge in [0, 0.05) is 10.7 Å². The second-order valence-corrected chi connectivity index (χ2v) is 4.79. The van der Waals surface area contributed by atoms with Crippen LogP contribution in [-0.2, 0) is 13.8 Å². The molecule has 0 heterocycles. The molecular weight excluding hydrogens is 221 g/mol. The number of rotatable bonds is 4. The van der Waals surface area contributed by atoms with Gasteiger partial charge in [0.15, 0.2) is 0 Å². The molecule has 0 fully saturated rings. The lowest BCUT2D eigenvalue weighted by molar-refractivity contribution is -0.324. The quantitative estimate of drug-likeness (QED) is 0.539. The lowest BCUT2D eigenvalue weighted by atomic mass is 10.5. The first-order valence-corrected chi connectivity index (χ1v) is 5.31. The summed E-state index contributed by atoms with van der Waals surface area (Å²) in [4.78, 5) is 0. The molecule has 8 heteroatoms. The first-order valence-electron chi connectivity index (χ1n) is 2.84. The first-order chi connectivity index (χ1) is 5.21. The van der Waals surface area contributed by atoms with Gasteiger partial charge in [-0.2, -0.15) is 0 Å². The third kappa shape index (κ3) is 9.99. The van der Waals surface area contributed by atoms with Gasteiger partial charge in [0.05, 0.1) is 12.4 Å². The number of halogens is 4. The third-order valence-corrected chi connectivity index (χ3v) is 2.04. The smallest absolute Gasteiger partial charge is 0.292 e. The van der Waals surface area contributed by atoms with Gasteiger partial charge in [-0.15, -0.1) is 13.2 Å². The molecule has 12 heavy (non-hydrogen) atoms. The molecule has 0 radical (unpaired) electrons. The zero-order valence-electron chi connectivity index (χ0n) is 5.77. The molecule has 0 spiro atoms. The van der Waals surface area contributed by atoms with Gasteiger partial charge in [-0.25, -0.2) is 8.42 Å². The maximum atomic E-state index is 11.3. The zero-order valence-corrected chi connectivity index (χ0v) is 7.34. The van der Waals surface area contributed by atoms with Gasteiger partial charge in [0.1, 0.15) is 0 Å². The topological polar surface area (TPSA) is 43.4 Å². The van der Waals surface area contributed by atoms with Crippen LogP contribution in [0.4, 0.5) is 13.2 Å². The van der Waals surface area contributed by atoms with Crippen LogP contribution in [0.1, 0.15) is 6.42 Å². The number of alkyl halides is 3. The van der Waals surface area contributed by atoms with Crippen LogP contribution in [0.2, 0.25) is 0 Å². The molecule has 0 aliphatic carbocycles. The van der Waals surface area contributed by atoms with Crippen LogP contribution < -0.4 is 0 Å². The average Bonchev–Trinajstić information content (AvgIpc) is 1.76. The van der Waals surface area contributed by atoms with Crippen LogP contribution >= 0.6 is 10.7 Å². The molecule has 0 saturated carbocycles. The minimum atomic E-state index is -4.71. The van der Waals surface area contributed by atoms with Crippen LogP contribution in [0, 0.1) is 0 Å². The maximum absolute atomic E-state index is 11.3. The molecule has 0 N–H and O–H groups in total. The number of hydrogen-bond acceptors (Lipinski definition) is 3. The molecule has 74 valence electrons. The van der Waals surface area contributed by atoms with Gasteiger partial charge in [-0.05, 0) is 6.42 Å². The van der Waals surface area contributed by atoms with E-state index < -0.39 is 27.8 Å². The predicted octanol–water partition coefficient (Wildman–Crippen LogP) is 1.48. The second kappa shape index (κ2) is 4.29. The summed E-state index contributed by atoms with van der Waals surface area (Å²) < 4.78 is 57.5. The summed E-state index contributed by atoms with van der Waals surface area (Å²) in [7, 11) is 1.00. The van der Waals surface area contributed by atoms with Crippen molar-refractivity contribution < 1.29 is 26.3 Å². The van der Waals surface area contributed by atoms with Gasteiger partial charge >= 0.3 is 6.36 Å². The minimum Gasteiger partial charge on any atom is -0.292 e. The summed E-state index contributed by atoms with van der Waals surface area (Å²) in [6.45, 7) is -0.699. The van der Waals surface area contributed by atoms with Crippen molar-refractivity contribution in [3.8, 4) is 0 Å². The number of ether oxygens (including phenoxy) is 1. The Morgan fingerprint density at radius 3 is 2.17 bits per heavy atom. The highest BCUT2D eigenvalue weighted by Gasteiger charge is 2.28. The molecule has 0 bridgehead atoms. The van der Waals surface area contributed by atoms with E-state index in [1.54, 1.807) is 0 Å². The second-order valence-electron chi connectivity index (χ2n) is 1.89. The summed E-state index contributed by atoms with van der Waals surface area (Å²) in [6, 6.07) is 0. The molecule has 0 aliphatic rings. The molecule has 0 aromatic rings. The fraction of sp³-hybridized carbons (Fsp3) is 1.00. The van der Waals surface area contributed by atoms with Crippen molar-refractivity contribution >= 4 is 19.7 Å². The van der Waals surface area contributed by atoms with Crippen molar-refractivity contribution in [1.82, 2.24) is 0 Å². The molecule has 0 saturated heterocycles. The van der Waals surface area contributed by atoms with E-state index in [0.717, 1.165) is 0 Å². The Morgan fingerprint density at radius 2 is 1.83 bits per heavy atom. The van der Waals surface area contributed by atoms with E-state index in [4.69, 9.17) is 10.7 Å². The highest BCUT2D eigenvalue weighted by atomic mass is 35.7. The van der Waals surface area contributed by atoms with Crippen molar-refractivity contribution in [3.05, 3.63) is 0 Å². The third-order valence-electron chi connectivity index (χ3n) is 0.798. The van der Waals surface area contributed by atoms with E-state index in [-0.39, 0.29) is 6.42 Å². The molecule has 0 atom stereocenters. The van der Waals surface area contributed by atoms with E-state index in [0.29, 0.717) is 0 Å². The monoisotopic (exact) mass is 226 g/mol. The molecule has 0 aromatic heterocycles. The van der Waals surface area contributed by atoms with Crippen LogP contribution in [0.25, 0.3) is 0 Å². The van der Waals surface area contributed by atoms with Crippen molar-refractivity contribution in [1.29, 1.82) is 0 Å². The molecule has 0 aliphatic heterocycles. The Hall–Kier alpha value is -0.0100. The van der Waals surface area contributed by atoms with Gasteiger partial charge in [-0.3, -0.25) is 4.74 Å². The molecule has 3 nitrogen and oxygen atoms in total. The Labute approximate surface area is 71.9 Å². The van der Waals surface area contributed by atoms with Gasteiger partial charge in [0.2, 0.25) is 9.05 Å². The van der Waals surface area contributed by atoms with Crippen LogP contribution in [0.5, 0.6) is 0 Å². The Kier molecular flexibility index (Phi) is 4.29. The highest BCUT2D eigenvalue weighted by Crippen LogP contribution is 2.16. The van der Waals surface area contributed by atoms with E-state index in [2.05, 4.69) is 4.74 Å². The highest BCUT2D eigenvalue weighted by molar-refractivity contribution is 8.13. The van der Waals surface area contributed by atoms with Gasteiger partial charge in [-0.1, -0.05) is 0 Å². The lowest BCUT2D eigenvalue weighted by Gasteiger charge is -2.05. The molecule has 0 unspecified atom stereocenters. The average molecular weight is 227 g/mol. The summed E-state index contributed by atoms with van der Waals surface area (Å²) in [6.07, 6.45) is -4.98. The SMILES string of the molecule is O=S(=O)(Cl)CCCOC(F)(F)F. The van der Waals surface area contributed by atoms with Crippen LogP contribution in [0.3, 0.4) is 0 Å². The predicted molar refractivity (Wildman–Crippen MR) is 36.3 cm³/mol. The standard InChI is InChI=1S/C4H6ClF3O3S/c5-12(9,10)3-1-2-11-4(6,7)8/h1-3H2. The lowest BCUT2D eigenvalue weighted by Crippen LogP contribution is -2.15. The van der Waals surface area contributed by atoms with Crippen LogP contribution in [-0.4, -0.2) is 27.1 Å². The Balaban J connectivity index is 3.48. The zero-order chi connectivity index (χ0) is 9.83. The van der Waals surface area contributed by atoms with E-state index in [1.165, 1.54) is 0 Å². The maximum Gasteiger partial charge on any atom is 0.522 e. The summed E-state index contributed by atoms with van der Waals surface area (Å²) >= 11 is 0. The molecule has 0 rings (SSSR count). The number of hydrogen-bond donors (Lipinski definition) is 0.